The Kier molecular flexibility index (Phi) is 7.21. The number of anilines is 2. The number of ether oxygens (including phenoxy) is 2. The van der Waals surface area contributed by atoms with Gasteiger partial charge in [0.2, 0.25) is 0 Å². The van der Waals surface area contributed by atoms with Gasteiger partial charge in [0.05, 0.1) is 14.2 Å². The van der Waals surface area contributed by atoms with Crippen LogP contribution in [-0.2, 0) is 0 Å². The van der Waals surface area contributed by atoms with Crippen molar-refractivity contribution in [3.8, 4) is 11.5 Å². The second-order valence-electron chi connectivity index (χ2n) is 8.62. The number of ketones is 1. The molecule has 34 heavy (non-hydrogen) atoms. The van der Waals surface area contributed by atoms with Gasteiger partial charge in [-0.25, -0.2) is 0 Å². The molecule has 0 N–H and O–H groups in total. The first kappa shape index (κ1) is 23.4. The number of hydrogen-bond acceptors (Lipinski definition) is 5. The molecule has 176 valence electrons. The fourth-order valence-corrected chi connectivity index (χ4v) is 4.43. The minimum Gasteiger partial charge on any atom is -0.493 e. The standard InChI is InChI=1S/C29H32N2O3/c1-21-5-12-26(22(2)19-21)31-17-15-30(16-18-31)25-10-8-24(9-11-25)27(32)13-6-23-7-14-28(33-3)29(20-23)34-4/h5-14,19-20H,15-18H2,1-4H3/b13-6+. The molecule has 1 aliphatic rings. The van der Waals surface area contributed by atoms with Gasteiger partial charge in [-0.3, -0.25) is 4.79 Å². The first-order valence-corrected chi connectivity index (χ1v) is 11.6. The predicted molar refractivity (Wildman–Crippen MR) is 140 cm³/mol. The van der Waals surface area contributed by atoms with Gasteiger partial charge in [-0.1, -0.05) is 29.8 Å². The predicted octanol–water partition coefficient (Wildman–Crippen LogP) is 5.54. The fourth-order valence-electron chi connectivity index (χ4n) is 4.43. The minimum atomic E-state index is -0.0269. The van der Waals surface area contributed by atoms with Crippen LogP contribution in [0, 0.1) is 13.8 Å². The minimum absolute atomic E-state index is 0.0269. The summed E-state index contributed by atoms with van der Waals surface area (Å²) in [5.41, 5.74) is 6.66. The summed E-state index contributed by atoms with van der Waals surface area (Å²) in [6.07, 6.45) is 3.39. The molecule has 0 aromatic heterocycles. The molecule has 0 amide bonds. The van der Waals surface area contributed by atoms with Crippen molar-refractivity contribution in [3.05, 3.63) is 89.0 Å². The molecule has 0 spiro atoms. The summed E-state index contributed by atoms with van der Waals surface area (Å²) in [5, 5.41) is 0. The molecular weight excluding hydrogens is 424 g/mol. The molecule has 0 saturated carbocycles. The topological polar surface area (TPSA) is 42.0 Å². The molecule has 4 rings (SSSR count). The lowest BCUT2D eigenvalue weighted by Crippen LogP contribution is -2.46. The Morgan fingerprint density at radius 2 is 1.47 bits per heavy atom. The maximum absolute atomic E-state index is 12.7. The first-order valence-electron chi connectivity index (χ1n) is 11.6. The van der Waals surface area contributed by atoms with Crippen LogP contribution in [0.2, 0.25) is 0 Å². The second kappa shape index (κ2) is 10.5. The van der Waals surface area contributed by atoms with E-state index in [-0.39, 0.29) is 5.78 Å². The Hall–Kier alpha value is -3.73. The van der Waals surface area contributed by atoms with E-state index in [4.69, 9.17) is 9.47 Å². The zero-order valence-corrected chi connectivity index (χ0v) is 20.4. The number of carbonyl (C=O) groups excluding carboxylic acids is 1. The summed E-state index contributed by atoms with van der Waals surface area (Å²) in [7, 11) is 3.20. The van der Waals surface area contributed by atoms with Crippen LogP contribution in [-0.4, -0.2) is 46.2 Å². The number of methoxy groups -OCH3 is 2. The molecular formula is C29H32N2O3. The highest BCUT2D eigenvalue weighted by atomic mass is 16.5. The van der Waals surface area contributed by atoms with Crippen LogP contribution in [0.15, 0.2) is 66.7 Å². The Balaban J connectivity index is 1.37. The first-order chi connectivity index (χ1) is 16.5. The molecule has 3 aromatic rings. The van der Waals surface area contributed by atoms with E-state index in [1.807, 2.05) is 42.5 Å². The summed E-state index contributed by atoms with van der Waals surface area (Å²) in [6, 6.07) is 20.2. The molecule has 0 atom stereocenters. The largest absolute Gasteiger partial charge is 0.493 e. The van der Waals surface area contributed by atoms with Crippen molar-refractivity contribution in [1.29, 1.82) is 0 Å². The highest BCUT2D eigenvalue weighted by Crippen LogP contribution is 2.28. The summed E-state index contributed by atoms with van der Waals surface area (Å²) < 4.78 is 10.6. The van der Waals surface area contributed by atoms with Crippen molar-refractivity contribution < 1.29 is 14.3 Å². The van der Waals surface area contributed by atoms with E-state index in [2.05, 4.69) is 41.8 Å². The third-order valence-corrected chi connectivity index (χ3v) is 6.32. The average molecular weight is 457 g/mol. The van der Waals surface area contributed by atoms with Gasteiger partial charge in [-0.15, -0.1) is 0 Å². The van der Waals surface area contributed by atoms with Gasteiger partial charge in [-0.2, -0.15) is 0 Å². The van der Waals surface area contributed by atoms with Gasteiger partial charge in [0, 0.05) is 43.1 Å². The number of nitrogens with zero attached hydrogens (tertiary/aromatic N) is 2. The van der Waals surface area contributed by atoms with Gasteiger partial charge in [-0.05, 0) is 73.5 Å². The molecule has 0 aliphatic carbocycles. The van der Waals surface area contributed by atoms with Crippen molar-refractivity contribution >= 4 is 23.2 Å². The van der Waals surface area contributed by atoms with Crippen LogP contribution in [0.1, 0.15) is 27.0 Å². The van der Waals surface area contributed by atoms with E-state index in [0.717, 1.165) is 37.4 Å². The van der Waals surface area contributed by atoms with Crippen LogP contribution >= 0.6 is 0 Å². The zero-order valence-electron chi connectivity index (χ0n) is 20.4. The number of aryl methyl sites for hydroxylation is 2. The fraction of sp³-hybridized carbons (Fsp3) is 0.276. The highest BCUT2D eigenvalue weighted by molar-refractivity contribution is 6.07. The summed E-state index contributed by atoms with van der Waals surface area (Å²) >= 11 is 0. The van der Waals surface area contributed by atoms with Crippen LogP contribution < -0.4 is 19.3 Å². The Labute approximate surface area is 202 Å². The Morgan fingerprint density at radius 3 is 2.12 bits per heavy atom. The lowest BCUT2D eigenvalue weighted by molar-refractivity contribution is 0.104. The maximum Gasteiger partial charge on any atom is 0.185 e. The van der Waals surface area contributed by atoms with E-state index in [0.29, 0.717) is 17.1 Å². The van der Waals surface area contributed by atoms with Crippen LogP contribution in [0.25, 0.3) is 6.08 Å². The van der Waals surface area contributed by atoms with Crippen LogP contribution in [0.3, 0.4) is 0 Å². The molecule has 0 bridgehead atoms. The average Bonchev–Trinajstić information content (AvgIpc) is 2.87. The summed E-state index contributed by atoms with van der Waals surface area (Å²) in [5.74, 6) is 1.27. The molecule has 5 heteroatoms. The number of hydrogen-bond donors (Lipinski definition) is 0. The smallest absolute Gasteiger partial charge is 0.185 e. The monoisotopic (exact) mass is 456 g/mol. The summed E-state index contributed by atoms with van der Waals surface area (Å²) in [6.45, 7) is 8.20. The molecule has 1 aliphatic heterocycles. The number of piperazine rings is 1. The van der Waals surface area contributed by atoms with E-state index in [1.165, 1.54) is 16.8 Å². The summed E-state index contributed by atoms with van der Waals surface area (Å²) in [4.78, 5) is 17.5. The van der Waals surface area contributed by atoms with Crippen molar-refractivity contribution in [3.63, 3.8) is 0 Å². The van der Waals surface area contributed by atoms with Gasteiger partial charge >= 0.3 is 0 Å². The molecule has 1 saturated heterocycles. The lowest BCUT2D eigenvalue weighted by atomic mass is 10.1. The van der Waals surface area contributed by atoms with Gasteiger partial charge in [0.15, 0.2) is 17.3 Å². The van der Waals surface area contributed by atoms with Gasteiger partial charge in [0.25, 0.3) is 0 Å². The highest BCUT2D eigenvalue weighted by Gasteiger charge is 2.19. The third-order valence-electron chi connectivity index (χ3n) is 6.32. The van der Waals surface area contributed by atoms with Gasteiger partial charge < -0.3 is 19.3 Å². The quantitative estimate of drug-likeness (QED) is 0.345. The van der Waals surface area contributed by atoms with E-state index in [1.54, 1.807) is 26.4 Å². The molecule has 0 unspecified atom stereocenters. The van der Waals surface area contributed by atoms with Crippen LogP contribution in [0.5, 0.6) is 11.5 Å². The number of benzene rings is 3. The van der Waals surface area contributed by atoms with E-state index in [9.17, 15) is 4.79 Å². The normalized spacial score (nSPS) is 13.9. The number of carbonyl (C=O) groups is 1. The molecule has 1 fully saturated rings. The lowest BCUT2D eigenvalue weighted by Gasteiger charge is -2.38. The van der Waals surface area contributed by atoms with Crippen molar-refractivity contribution in [2.45, 2.75) is 13.8 Å². The van der Waals surface area contributed by atoms with Crippen molar-refractivity contribution in [2.24, 2.45) is 0 Å². The number of allylic oxidation sites excluding steroid dienone is 1. The third kappa shape index (κ3) is 5.25. The molecule has 5 nitrogen and oxygen atoms in total. The number of rotatable bonds is 7. The maximum atomic E-state index is 12.7. The zero-order chi connectivity index (χ0) is 24.1. The van der Waals surface area contributed by atoms with E-state index >= 15 is 0 Å². The molecule has 1 heterocycles. The second-order valence-corrected chi connectivity index (χ2v) is 8.62. The Morgan fingerprint density at radius 1 is 0.794 bits per heavy atom. The SMILES string of the molecule is COc1ccc(/C=C/C(=O)c2ccc(N3CCN(c4ccc(C)cc4C)CC3)cc2)cc1OC. The van der Waals surface area contributed by atoms with Crippen LogP contribution in [0.4, 0.5) is 11.4 Å². The molecule has 3 aromatic carbocycles. The van der Waals surface area contributed by atoms with Gasteiger partial charge in [0.1, 0.15) is 0 Å². The van der Waals surface area contributed by atoms with E-state index < -0.39 is 0 Å². The van der Waals surface area contributed by atoms with Crippen molar-refractivity contribution in [2.75, 3.05) is 50.2 Å². The Bertz CT molecular complexity index is 1180. The van der Waals surface area contributed by atoms with Crippen molar-refractivity contribution in [1.82, 2.24) is 0 Å². The molecule has 0 radical (unpaired) electrons.